The van der Waals surface area contributed by atoms with Crippen molar-refractivity contribution in [3.8, 4) is 0 Å². The lowest BCUT2D eigenvalue weighted by molar-refractivity contribution is -0.346. The van der Waals surface area contributed by atoms with Crippen LogP contribution in [0.4, 0.5) is 4.79 Å². The first kappa shape index (κ1) is 65.0. The van der Waals surface area contributed by atoms with Crippen LogP contribution in [-0.2, 0) is 57.1 Å². The maximum atomic E-state index is 16.0. The molecule has 11 atom stereocenters. The third kappa shape index (κ3) is 15.3. The molecule has 1 aliphatic heterocycles. The highest BCUT2D eigenvalue weighted by atomic mass is 16.6. The van der Waals surface area contributed by atoms with E-state index in [0.29, 0.717) is 32.1 Å². The fraction of sp³-hybridized carbons (Fsp3) is 0.615. The van der Waals surface area contributed by atoms with Crippen LogP contribution in [0.2, 0.25) is 0 Å². The number of carbonyl (C=O) groups is 7. The van der Waals surface area contributed by atoms with E-state index in [9.17, 15) is 34.2 Å². The molecule has 82 heavy (non-hydrogen) atoms. The van der Waals surface area contributed by atoms with Crippen LogP contribution in [0, 0.1) is 28.6 Å². The number of esters is 5. The quantitative estimate of drug-likeness (QED) is 0.0357. The molecule has 17 heteroatoms. The Morgan fingerprint density at radius 3 is 1.99 bits per heavy atom. The Morgan fingerprint density at radius 2 is 1.45 bits per heavy atom. The van der Waals surface area contributed by atoms with E-state index in [1.165, 1.54) is 26.0 Å². The normalized spacial score (nSPS) is 28.7. The first-order valence-corrected chi connectivity index (χ1v) is 29.3. The van der Waals surface area contributed by atoms with E-state index in [1.807, 2.05) is 26.0 Å². The lowest BCUT2D eigenvalue weighted by Gasteiger charge is -2.67. The van der Waals surface area contributed by atoms with E-state index in [4.69, 9.17) is 33.2 Å². The van der Waals surface area contributed by atoms with E-state index in [1.54, 1.807) is 59.7 Å². The van der Waals surface area contributed by atoms with Gasteiger partial charge in [0.2, 0.25) is 6.10 Å². The number of ether oxygens (including phenoxy) is 7. The fourth-order valence-corrected chi connectivity index (χ4v) is 12.0. The van der Waals surface area contributed by atoms with Gasteiger partial charge in [0.05, 0.1) is 41.6 Å². The van der Waals surface area contributed by atoms with Crippen molar-refractivity contribution in [3.63, 3.8) is 0 Å². The summed E-state index contributed by atoms with van der Waals surface area (Å²) in [5.41, 5.74) is -8.68. The molecule has 1 aromatic carbocycles. The molecule has 1 amide bonds. The summed E-state index contributed by atoms with van der Waals surface area (Å²) in [7, 11) is 0. The number of hydrogen-bond donors (Lipinski definition) is 3. The van der Waals surface area contributed by atoms with E-state index in [0.717, 1.165) is 25.7 Å². The van der Waals surface area contributed by atoms with Crippen LogP contribution in [0.15, 0.2) is 102 Å². The van der Waals surface area contributed by atoms with Gasteiger partial charge in [-0.1, -0.05) is 114 Å². The van der Waals surface area contributed by atoms with Gasteiger partial charge in [-0.05, 0) is 128 Å². The number of rotatable bonds is 25. The number of alkyl carbamates (subject to hydrolysis) is 1. The number of ketones is 1. The molecule has 2 unspecified atom stereocenters. The van der Waals surface area contributed by atoms with E-state index >= 15 is 9.59 Å². The highest BCUT2D eigenvalue weighted by Gasteiger charge is 2.78. The summed E-state index contributed by atoms with van der Waals surface area (Å²) >= 11 is 0. The van der Waals surface area contributed by atoms with Gasteiger partial charge >= 0.3 is 35.9 Å². The van der Waals surface area contributed by atoms with Gasteiger partial charge in [0.1, 0.15) is 29.5 Å². The van der Waals surface area contributed by atoms with Crippen molar-refractivity contribution in [1.29, 1.82) is 0 Å². The molecule has 0 aromatic heterocycles. The maximum Gasteiger partial charge on any atom is 0.408 e. The Balaban J connectivity index is 1.36. The molecule has 1 aromatic rings. The molecule has 1 heterocycles. The number of nitrogens with one attached hydrogen (secondary N) is 1. The molecular formula is C65H89NO16. The number of hydrogen-bond acceptors (Lipinski definition) is 16. The molecule has 1 saturated heterocycles. The number of aliphatic hydroxyl groups is 2. The summed E-state index contributed by atoms with van der Waals surface area (Å²) in [6.45, 7) is 17.9. The monoisotopic (exact) mass is 1140 g/mol. The number of amides is 1. The SMILES string of the molecule is CC/C=C\C/C=C\C/C=C\C/C=C\C/C=C\CCCC(=O)O[C@@H](C(=O)O[C@H]1C[C@@]2(O)C(OC(=O)c3ccccc3)C3[C@](C)(C(=O)[C@H](OC(=O)C4CC4)C(=C1C)C2(C)C)[C@@H](O)C[C@H]1OC[C@@]31OC(C)=O)[C@H](CC(C)C)NC(=O)OC(C)(C)C. The van der Waals surface area contributed by atoms with Crippen LogP contribution >= 0.6 is 0 Å². The van der Waals surface area contributed by atoms with E-state index in [2.05, 4.69) is 60.8 Å². The average Bonchev–Trinajstić information content (AvgIpc) is 0.962. The van der Waals surface area contributed by atoms with Gasteiger partial charge < -0.3 is 48.7 Å². The predicted octanol–water partition coefficient (Wildman–Crippen LogP) is 10.4. The Morgan fingerprint density at radius 1 is 0.854 bits per heavy atom. The maximum absolute atomic E-state index is 16.0. The minimum atomic E-state index is -2.43. The Kier molecular flexibility index (Phi) is 22.1. The number of allylic oxidation sites excluding steroid dienone is 10. The standard InChI is InChI=1S/C65H89NO16/c1-12-13-14-15-16-17-18-19-20-21-22-23-24-25-26-27-31-34-50(69)78-52(46(37-41(2)3)66-60(74)82-61(6,7)8)59(73)77-47-39-65(75)56(80-58(72)44-32-29-28-30-33-44)54-63(11,48(68)38-49-64(54,40-76-49)81-43(5)67)55(70)53(79-57(71)45-35-36-45)51(42(47)4)62(65,9)10/h13-14,16-17,19-20,22-23,25-26,28-30,32-33,41,45-49,52-54,56,68,75H,12,15,18,21,24,27,31,34-40H2,1-11H3,(H,66,74)/b14-13-,17-16-,20-19-,23-22-,26-25-/t46-,47-,48-,49+,52+,53+,54?,56?,63+,64-,65+/m0/s1. The van der Waals surface area contributed by atoms with Gasteiger partial charge in [0.15, 0.2) is 17.5 Å². The zero-order valence-corrected chi connectivity index (χ0v) is 49.9. The predicted molar refractivity (Wildman–Crippen MR) is 306 cm³/mol. The number of Topliss-reactive ketones (excluding diaryl/α,β-unsaturated/α-hetero) is 1. The second-order valence-corrected chi connectivity index (χ2v) is 24.7. The third-order valence-corrected chi connectivity index (χ3v) is 16.5. The molecule has 0 spiro atoms. The van der Waals surface area contributed by atoms with Gasteiger partial charge in [-0.25, -0.2) is 14.4 Å². The van der Waals surface area contributed by atoms with Crippen LogP contribution in [0.3, 0.4) is 0 Å². The Labute approximate surface area is 484 Å². The molecule has 0 radical (unpaired) electrons. The van der Waals surface area contributed by atoms with Crippen LogP contribution in [0.5, 0.6) is 0 Å². The van der Waals surface area contributed by atoms with Crippen molar-refractivity contribution in [2.24, 2.45) is 28.6 Å². The number of unbranched alkanes of at least 4 members (excludes halogenated alkanes) is 1. The summed E-state index contributed by atoms with van der Waals surface area (Å²) in [5.74, 6) is -7.44. The molecule has 3 saturated carbocycles. The number of aliphatic hydroxyl groups excluding tert-OH is 1. The topological polar surface area (TPSA) is 237 Å². The summed E-state index contributed by atoms with van der Waals surface area (Å²) in [6.07, 6.45) is 15.9. The van der Waals surface area contributed by atoms with E-state index < -0.39 is 130 Å². The summed E-state index contributed by atoms with van der Waals surface area (Å²) in [6, 6.07) is 6.70. The highest BCUT2D eigenvalue weighted by Crippen LogP contribution is 2.64. The first-order chi connectivity index (χ1) is 38.7. The molecule has 6 rings (SSSR count). The number of benzene rings is 1. The van der Waals surface area contributed by atoms with Gasteiger partial charge in [-0.3, -0.25) is 19.2 Å². The summed E-state index contributed by atoms with van der Waals surface area (Å²) in [4.78, 5) is 101. The van der Waals surface area contributed by atoms with Crippen LogP contribution < -0.4 is 5.32 Å². The Bertz CT molecular complexity index is 2640. The van der Waals surface area contributed by atoms with Crippen molar-refractivity contribution in [2.75, 3.05) is 6.61 Å². The molecule has 17 nitrogen and oxygen atoms in total. The van der Waals surface area contributed by atoms with Crippen LogP contribution in [0.1, 0.15) is 170 Å². The minimum absolute atomic E-state index is 0.0217. The van der Waals surface area contributed by atoms with Crippen molar-refractivity contribution in [2.45, 2.75) is 219 Å². The third-order valence-electron chi connectivity index (χ3n) is 16.5. The Hall–Kier alpha value is -6.17. The largest absolute Gasteiger partial charge is 0.455 e. The molecule has 2 bridgehead atoms. The van der Waals surface area contributed by atoms with Gasteiger partial charge in [-0.2, -0.15) is 0 Å². The van der Waals surface area contributed by atoms with Crippen molar-refractivity contribution < 1.29 is 76.9 Å². The number of fused-ring (bicyclic) bond motifs is 5. The molecular weight excluding hydrogens is 1050 g/mol. The van der Waals surface area contributed by atoms with Crippen molar-refractivity contribution in [3.05, 3.63) is 108 Å². The minimum Gasteiger partial charge on any atom is -0.455 e. The molecule has 4 aliphatic carbocycles. The van der Waals surface area contributed by atoms with Crippen LogP contribution in [-0.4, -0.2) is 118 Å². The second-order valence-electron chi connectivity index (χ2n) is 24.7. The summed E-state index contributed by atoms with van der Waals surface area (Å²) < 4.78 is 43.1. The fourth-order valence-electron chi connectivity index (χ4n) is 12.0. The van der Waals surface area contributed by atoms with Gasteiger partial charge in [-0.15, -0.1) is 0 Å². The van der Waals surface area contributed by atoms with Gasteiger partial charge in [0, 0.05) is 31.6 Å². The lowest BCUT2D eigenvalue weighted by atomic mass is 9.44. The van der Waals surface area contributed by atoms with Crippen LogP contribution in [0.25, 0.3) is 0 Å². The van der Waals surface area contributed by atoms with Gasteiger partial charge in [0.25, 0.3) is 0 Å². The highest BCUT2D eigenvalue weighted by molar-refractivity contribution is 5.96. The second kappa shape index (κ2) is 27.9. The first-order valence-electron chi connectivity index (χ1n) is 29.3. The molecule has 3 N–H and O–H groups in total. The zero-order chi connectivity index (χ0) is 60.2. The molecule has 5 aliphatic rings. The molecule has 450 valence electrons. The van der Waals surface area contributed by atoms with E-state index in [-0.39, 0.29) is 48.5 Å². The lowest BCUT2D eigenvalue weighted by Crippen LogP contribution is -2.82. The van der Waals surface area contributed by atoms with Crippen molar-refractivity contribution >= 4 is 41.7 Å². The average molecular weight is 1140 g/mol. The molecule has 4 fully saturated rings. The zero-order valence-electron chi connectivity index (χ0n) is 49.9. The van der Waals surface area contributed by atoms with Crippen molar-refractivity contribution in [1.82, 2.24) is 5.32 Å². The summed E-state index contributed by atoms with van der Waals surface area (Å²) in [5, 5.41) is 29.2. The smallest absolute Gasteiger partial charge is 0.408 e. The number of carbonyl (C=O) groups excluding carboxylic acids is 7.